The predicted molar refractivity (Wildman–Crippen MR) is 181 cm³/mol. The Kier molecular flexibility index (Phi) is 5.45. The van der Waals surface area contributed by atoms with Crippen molar-refractivity contribution in [2.24, 2.45) is 0 Å². The third kappa shape index (κ3) is 3.46. The highest BCUT2D eigenvalue weighted by atomic mass is 15.0. The zero-order valence-corrected chi connectivity index (χ0v) is 24.1. The summed E-state index contributed by atoms with van der Waals surface area (Å²) in [5.74, 6) is 0. The first-order chi connectivity index (χ1) is 21.8. The maximum Gasteiger partial charge on any atom is 0.0742 e. The molecule has 0 unspecified atom stereocenters. The van der Waals surface area contributed by atoms with Crippen molar-refractivity contribution in [1.29, 1.82) is 0 Å². The van der Waals surface area contributed by atoms with E-state index in [1.165, 1.54) is 60.9 Å². The molecular weight excluding hydrogens is 532 g/mol. The van der Waals surface area contributed by atoms with Crippen LogP contribution < -0.4 is 0 Å². The van der Waals surface area contributed by atoms with Crippen LogP contribution in [-0.4, -0.2) is 9.55 Å². The van der Waals surface area contributed by atoms with Crippen LogP contribution in [0.15, 0.2) is 170 Å². The van der Waals surface area contributed by atoms with Crippen molar-refractivity contribution < 1.29 is 0 Å². The van der Waals surface area contributed by atoms with E-state index in [2.05, 4.69) is 161 Å². The van der Waals surface area contributed by atoms with Crippen LogP contribution in [0.1, 0.15) is 22.3 Å². The maximum absolute atomic E-state index is 4.59. The van der Waals surface area contributed by atoms with Gasteiger partial charge in [0, 0.05) is 22.5 Å². The molecule has 0 aliphatic carbocycles. The molecule has 0 atom stereocenters. The molecule has 0 saturated carbocycles. The first-order valence-electron chi connectivity index (χ1n) is 15.1. The van der Waals surface area contributed by atoms with Crippen LogP contribution in [-0.2, 0) is 5.41 Å². The van der Waals surface area contributed by atoms with E-state index >= 15 is 0 Å². The van der Waals surface area contributed by atoms with Crippen molar-refractivity contribution in [3.8, 4) is 28.1 Å². The number of benzene rings is 6. The van der Waals surface area contributed by atoms with E-state index in [0.717, 1.165) is 11.3 Å². The Labute approximate surface area is 256 Å². The van der Waals surface area contributed by atoms with Gasteiger partial charge in [0.05, 0.1) is 27.8 Å². The number of para-hydroxylation sites is 2. The smallest absolute Gasteiger partial charge is 0.0742 e. The molecule has 1 aliphatic heterocycles. The number of pyridine rings is 1. The quantitative estimate of drug-likeness (QED) is 0.209. The zero-order valence-electron chi connectivity index (χ0n) is 24.1. The molecule has 6 aromatic carbocycles. The van der Waals surface area contributed by atoms with Gasteiger partial charge in [0.2, 0.25) is 0 Å². The molecule has 2 heteroatoms. The van der Waals surface area contributed by atoms with E-state index in [1.54, 1.807) is 0 Å². The number of hydrogen-bond donors (Lipinski definition) is 0. The van der Waals surface area contributed by atoms with Gasteiger partial charge in [0.1, 0.15) is 0 Å². The van der Waals surface area contributed by atoms with Crippen LogP contribution in [0, 0.1) is 0 Å². The summed E-state index contributed by atoms with van der Waals surface area (Å²) in [6.07, 6.45) is 1.85. The molecule has 9 rings (SSSR count). The second kappa shape index (κ2) is 9.65. The van der Waals surface area contributed by atoms with Crippen molar-refractivity contribution in [2.45, 2.75) is 5.41 Å². The van der Waals surface area contributed by atoms with E-state index in [1.807, 2.05) is 18.3 Å². The van der Waals surface area contributed by atoms with Gasteiger partial charge < -0.3 is 4.57 Å². The molecule has 1 aliphatic rings. The Bertz CT molecular complexity index is 2280. The zero-order chi connectivity index (χ0) is 29.1. The van der Waals surface area contributed by atoms with Crippen LogP contribution in [0.25, 0.3) is 49.9 Å². The Morgan fingerprint density at radius 3 is 1.89 bits per heavy atom. The number of aromatic nitrogens is 2. The fraction of sp³-hybridized carbons (Fsp3) is 0.0238. The third-order valence-corrected chi connectivity index (χ3v) is 9.31. The average Bonchev–Trinajstić information content (AvgIpc) is 3.45. The van der Waals surface area contributed by atoms with Crippen molar-refractivity contribution >= 4 is 21.8 Å². The first kappa shape index (κ1) is 24.8. The van der Waals surface area contributed by atoms with Gasteiger partial charge in [-0.15, -0.1) is 0 Å². The molecule has 0 bridgehead atoms. The standard InChI is InChI=1S/C42H28N2/c1-3-15-32(16-4-1)42(33-17-5-2-6-18-33)36-20-7-8-23-40(36)44-39-25-24-30(28-35(39)34-19-12-21-37(42)41(34)44)29-13-11-14-31(27-29)38-22-9-10-26-43-38/h1-28H. The van der Waals surface area contributed by atoms with Gasteiger partial charge in [-0.2, -0.15) is 0 Å². The number of hydrogen-bond acceptors (Lipinski definition) is 1. The number of nitrogens with zero attached hydrogens (tertiary/aromatic N) is 2. The summed E-state index contributed by atoms with van der Waals surface area (Å²) < 4.78 is 2.49. The molecule has 206 valence electrons. The minimum absolute atomic E-state index is 0.456. The van der Waals surface area contributed by atoms with E-state index < -0.39 is 5.41 Å². The number of fused-ring (bicyclic) bond motifs is 5. The highest BCUT2D eigenvalue weighted by Gasteiger charge is 2.44. The Hall–Kier alpha value is -5.73. The summed E-state index contributed by atoms with van der Waals surface area (Å²) in [7, 11) is 0. The molecule has 0 amide bonds. The van der Waals surface area contributed by atoms with E-state index in [-0.39, 0.29) is 0 Å². The van der Waals surface area contributed by atoms with E-state index in [4.69, 9.17) is 0 Å². The lowest BCUT2D eigenvalue weighted by molar-refractivity contribution is 0.728. The highest BCUT2D eigenvalue weighted by molar-refractivity contribution is 6.13. The van der Waals surface area contributed by atoms with Crippen LogP contribution >= 0.6 is 0 Å². The lowest BCUT2D eigenvalue weighted by atomic mass is 9.63. The van der Waals surface area contributed by atoms with Crippen molar-refractivity contribution in [3.05, 3.63) is 192 Å². The minimum atomic E-state index is -0.456. The molecule has 2 nitrogen and oxygen atoms in total. The van der Waals surface area contributed by atoms with Gasteiger partial charge in [-0.3, -0.25) is 4.98 Å². The molecule has 2 aromatic heterocycles. The Morgan fingerprint density at radius 2 is 1.11 bits per heavy atom. The largest absolute Gasteiger partial charge is 0.309 e. The van der Waals surface area contributed by atoms with Crippen LogP contribution in [0.3, 0.4) is 0 Å². The monoisotopic (exact) mass is 560 g/mol. The molecule has 0 N–H and O–H groups in total. The van der Waals surface area contributed by atoms with Crippen molar-refractivity contribution in [1.82, 2.24) is 9.55 Å². The van der Waals surface area contributed by atoms with Crippen LogP contribution in [0.5, 0.6) is 0 Å². The number of rotatable bonds is 4. The van der Waals surface area contributed by atoms with Crippen molar-refractivity contribution in [2.75, 3.05) is 0 Å². The second-order valence-electron chi connectivity index (χ2n) is 11.6. The second-order valence-corrected chi connectivity index (χ2v) is 11.6. The predicted octanol–water partition coefficient (Wildman–Crippen LogP) is 10.2. The summed E-state index contributed by atoms with van der Waals surface area (Å²) in [6, 6.07) is 59.6. The first-order valence-corrected chi connectivity index (χ1v) is 15.1. The normalized spacial score (nSPS) is 13.2. The van der Waals surface area contributed by atoms with Crippen molar-refractivity contribution in [3.63, 3.8) is 0 Å². The molecule has 8 aromatic rings. The van der Waals surface area contributed by atoms with Crippen LogP contribution in [0.4, 0.5) is 0 Å². The summed E-state index contributed by atoms with van der Waals surface area (Å²) in [5, 5.41) is 2.53. The maximum atomic E-state index is 4.59. The topological polar surface area (TPSA) is 17.8 Å². The lowest BCUT2D eigenvalue weighted by Gasteiger charge is -2.41. The summed E-state index contributed by atoms with van der Waals surface area (Å²) in [6.45, 7) is 0. The molecular formula is C42H28N2. The fourth-order valence-electron chi connectivity index (χ4n) is 7.49. The van der Waals surface area contributed by atoms with Gasteiger partial charge in [0.25, 0.3) is 0 Å². The van der Waals surface area contributed by atoms with E-state index in [9.17, 15) is 0 Å². The molecule has 0 fully saturated rings. The molecule has 0 spiro atoms. The SMILES string of the molecule is c1ccc(C2(c3ccccc3)c3ccccc3-n3c4ccc(-c5cccc(-c6ccccn6)c5)cc4c4cccc2c43)cc1. The average molecular weight is 561 g/mol. The van der Waals surface area contributed by atoms with Gasteiger partial charge in [-0.1, -0.05) is 127 Å². The summed E-state index contributed by atoms with van der Waals surface area (Å²) in [4.78, 5) is 4.59. The lowest BCUT2D eigenvalue weighted by Crippen LogP contribution is -2.35. The Balaban J connectivity index is 1.36. The van der Waals surface area contributed by atoms with Gasteiger partial charge in [0.15, 0.2) is 0 Å². The van der Waals surface area contributed by atoms with Gasteiger partial charge >= 0.3 is 0 Å². The summed E-state index contributed by atoms with van der Waals surface area (Å²) >= 11 is 0. The third-order valence-electron chi connectivity index (χ3n) is 9.31. The van der Waals surface area contributed by atoms with Gasteiger partial charge in [-0.25, -0.2) is 0 Å². The highest BCUT2D eigenvalue weighted by Crippen LogP contribution is 2.54. The molecule has 3 heterocycles. The van der Waals surface area contributed by atoms with E-state index in [0.29, 0.717) is 0 Å². The minimum Gasteiger partial charge on any atom is -0.309 e. The summed E-state index contributed by atoms with van der Waals surface area (Å²) in [5.41, 5.74) is 12.9. The van der Waals surface area contributed by atoms with Gasteiger partial charge in [-0.05, 0) is 69.8 Å². The Morgan fingerprint density at radius 1 is 0.455 bits per heavy atom. The molecule has 44 heavy (non-hydrogen) atoms. The molecule has 0 saturated heterocycles. The van der Waals surface area contributed by atoms with Crippen LogP contribution in [0.2, 0.25) is 0 Å². The fourth-order valence-corrected chi connectivity index (χ4v) is 7.49. The molecule has 0 radical (unpaired) electrons.